The first kappa shape index (κ1) is 11.9. The molecule has 5 heteroatoms. The van der Waals surface area contributed by atoms with Crippen LogP contribution < -0.4 is 5.73 Å². The summed E-state index contributed by atoms with van der Waals surface area (Å²) in [5.74, 6) is -2.87. The predicted molar refractivity (Wildman–Crippen MR) is 46.0 cm³/mol. The largest absolute Gasteiger partial charge is 0.481 e. The van der Waals surface area contributed by atoms with E-state index in [1.165, 1.54) is 7.11 Å². The first-order chi connectivity index (χ1) is 6.13. The number of carboxylic acid groups (broad SMARTS) is 1. The Kier molecular flexibility index (Phi) is 5.88. The van der Waals surface area contributed by atoms with Gasteiger partial charge in [-0.3, -0.25) is 9.59 Å². The quantitative estimate of drug-likeness (QED) is 0.348. The highest BCUT2D eigenvalue weighted by molar-refractivity contribution is 5.93. The monoisotopic (exact) mass is 189 g/mol. The van der Waals surface area contributed by atoms with Crippen LogP contribution in [0.4, 0.5) is 0 Å². The van der Waals surface area contributed by atoms with E-state index in [1.54, 1.807) is 0 Å². The van der Waals surface area contributed by atoms with Crippen LogP contribution in [0, 0.1) is 5.92 Å². The van der Waals surface area contributed by atoms with Gasteiger partial charge in [0.1, 0.15) is 0 Å². The van der Waals surface area contributed by atoms with Crippen LogP contribution in [0.2, 0.25) is 0 Å². The molecular weight excluding hydrogens is 174 g/mol. The number of aliphatic carboxylic acids is 1. The third-order valence-corrected chi connectivity index (χ3v) is 1.73. The summed E-state index contributed by atoms with van der Waals surface area (Å²) in [4.78, 5) is 21.5. The Morgan fingerprint density at radius 3 is 2.46 bits per heavy atom. The number of hydrogen-bond donors (Lipinski definition) is 2. The highest BCUT2D eigenvalue weighted by atomic mass is 16.5. The summed E-state index contributed by atoms with van der Waals surface area (Å²) in [6.45, 7) is 0.507. The van der Waals surface area contributed by atoms with Crippen LogP contribution in [-0.2, 0) is 14.3 Å². The normalized spacial score (nSPS) is 12.2. The second-order valence-corrected chi connectivity index (χ2v) is 2.70. The lowest BCUT2D eigenvalue weighted by Gasteiger charge is -2.08. The number of carboxylic acids is 1. The summed E-state index contributed by atoms with van der Waals surface area (Å²) in [7, 11) is 1.18. The third-order valence-electron chi connectivity index (χ3n) is 1.73. The zero-order valence-electron chi connectivity index (χ0n) is 7.66. The van der Waals surface area contributed by atoms with Crippen molar-refractivity contribution >= 4 is 11.9 Å². The van der Waals surface area contributed by atoms with Crippen LogP contribution in [-0.4, -0.2) is 30.7 Å². The van der Waals surface area contributed by atoms with E-state index in [0.29, 0.717) is 19.4 Å². The number of carbonyl (C=O) groups is 2. The standard InChI is InChI=1S/C8H15NO4/c1-13-8(12)6(7(10)11)4-2-3-5-9/h6H,2-5,9H2,1H3,(H,10,11). The lowest BCUT2D eigenvalue weighted by atomic mass is 10.0. The molecule has 0 bridgehead atoms. The van der Waals surface area contributed by atoms with E-state index in [-0.39, 0.29) is 0 Å². The molecule has 0 saturated heterocycles. The van der Waals surface area contributed by atoms with E-state index in [0.717, 1.165) is 6.42 Å². The number of methoxy groups -OCH3 is 1. The van der Waals surface area contributed by atoms with Gasteiger partial charge in [0.15, 0.2) is 5.92 Å². The number of ether oxygens (including phenoxy) is 1. The molecule has 5 nitrogen and oxygen atoms in total. The highest BCUT2D eigenvalue weighted by Crippen LogP contribution is 2.10. The second kappa shape index (κ2) is 6.42. The Morgan fingerprint density at radius 2 is 2.08 bits per heavy atom. The Bertz CT molecular complexity index is 181. The van der Waals surface area contributed by atoms with Gasteiger partial charge >= 0.3 is 11.9 Å². The second-order valence-electron chi connectivity index (χ2n) is 2.70. The van der Waals surface area contributed by atoms with Crippen LogP contribution in [0.25, 0.3) is 0 Å². The number of nitrogens with two attached hydrogens (primary N) is 1. The summed E-state index contributed by atoms with van der Waals surface area (Å²) in [5.41, 5.74) is 5.24. The molecule has 0 aliphatic heterocycles. The molecular formula is C8H15NO4. The van der Waals surface area contributed by atoms with Crippen molar-refractivity contribution in [1.82, 2.24) is 0 Å². The van der Waals surface area contributed by atoms with Crippen molar-refractivity contribution in [2.45, 2.75) is 19.3 Å². The fourth-order valence-corrected chi connectivity index (χ4v) is 0.977. The summed E-state index contributed by atoms with van der Waals surface area (Å²) < 4.78 is 4.35. The van der Waals surface area contributed by atoms with Gasteiger partial charge in [0.25, 0.3) is 0 Å². The van der Waals surface area contributed by atoms with Crippen molar-refractivity contribution < 1.29 is 19.4 Å². The maximum atomic E-state index is 10.9. The summed E-state index contributed by atoms with van der Waals surface area (Å²) in [5, 5.41) is 8.64. The molecule has 0 saturated carbocycles. The Balaban J connectivity index is 3.95. The molecule has 0 aromatic carbocycles. The molecule has 0 spiro atoms. The van der Waals surface area contributed by atoms with Crippen LogP contribution in [0.5, 0.6) is 0 Å². The van der Waals surface area contributed by atoms with Crippen molar-refractivity contribution in [2.75, 3.05) is 13.7 Å². The van der Waals surface area contributed by atoms with Gasteiger partial charge in [0.2, 0.25) is 0 Å². The molecule has 0 amide bonds. The fraction of sp³-hybridized carbons (Fsp3) is 0.750. The first-order valence-electron chi connectivity index (χ1n) is 4.14. The molecule has 0 aliphatic carbocycles. The molecule has 0 aromatic rings. The minimum absolute atomic E-state index is 0.291. The van der Waals surface area contributed by atoms with E-state index in [2.05, 4.69) is 4.74 Å². The maximum Gasteiger partial charge on any atom is 0.320 e. The average molecular weight is 189 g/mol. The molecule has 0 aliphatic rings. The van der Waals surface area contributed by atoms with Crippen LogP contribution in [0.1, 0.15) is 19.3 Å². The van der Waals surface area contributed by atoms with Gasteiger partial charge in [-0.15, -0.1) is 0 Å². The minimum Gasteiger partial charge on any atom is -0.481 e. The zero-order chi connectivity index (χ0) is 10.3. The number of carbonyl (C=O) groups excluding carboxylic acids is 1. The van der Waals surface area contributed by atoms with Gasteiger partial charge in [-0.25, -0.2) is 0 Å². The topological polar surface area (TPSA) is 89.6 Å². The third kappa shape index (κ3) is 4.47. The molecule has 1 atom stereocenters. The average Bonchev–Trinajstić information content (AvgIpc) is 2.11. The van der Waals surface area contributed by atoms with Gasteiger partial charge in [0.05, 0.1) is 7.11 Å². The molecule has 0 rings (SSSR count). The van der Waals surface area contributed by atoms with Crippen molar-refractivity contribution in [2.24, 2.45) is 11.7 Å². The van der Waals surface area contributed by atoms with Crippen molar-refractivity contribution in [3.05, 3.63) is 0 Å². The Morgan fingerprint density at radius 1 is 1.46 bits per heavy atom. The number of hydrogen-bond acceptors (Lipinski definition) is 4. The van der Waals surface area contributed by atoms with Crippen molar-refractivity contribution in [1.29, 1.82) is 0 Å². The van der Waals surface area contributed by atoms with Crippen molar-refractivity contribution in [3.63, 3.8) is 0 Å². The van der Waals surface area contributed by atoms with Crippen LogP contribution in [0.15, 0.2) is 0 Å². The van der Waals surface area contributed by atoms with Crippen molar-refractivity contribution in [3.8, 4) is 0 Å². The van der Waals surface area contributed by atoms with E-state index in [4.69, 9.17) is 10.8 Å². The smallest absolute Gasteiger partial charge is 0.320 e. The van der Waals surface area contributed by atoms with E-state index < -0.39 is 17.9 Å². The van der Waals surface area contributed by atoms with Crippen LogP contribution in [0.3, 0.4) is 0 Å². The SMILES string of the molecule is COC(=O)C(CCCCN)C(=O)O. The summed E-state index contributed by atoms with van der Waals surface area (Å²) in [6.07, 6.45) is 1.64. The van der Waals surface area contributed by atoms with Gasteiger partial charge in [0, 0.05) is 0 Å². The lowest BCUT2D eigenvalue weighted by Crippen LogP contribution is -2.25. The van der Waals surface area contributed by atoms with E-state index in [1.807, 2.05) is 0 Å². The Hall–Kier alpha value is -1.10. The molecule has 13 heavy (non-hydrogen) atoms. The minimum atomic E-state index is -1.14. The number of unbranched alkanes of at least 4 members (excludes halogenated alkanes) is 1. The number of rotatable bonds is 6. The lowest BCUT2D eigenvalue weighted by molar-refractivity contribution is -0.157. The molecule has 76 valence electrons. The summed E-state index contributed by atoms with van der Waals surface area (Å²) >= 11 is 0. The van der Waals surface area contributed by atoms with Gasteiger partial charge in [-0.05, 0) is 19.4 Å². The molecule has 0 heterocycles. The van der Waals surface area contributed by atoms with Gasteiger partial charge in [-0.2, -0.15) is 0 Å². The van der Waals surface area contributed by atoms with E-state index >= 15 is 0 Å². The predicted octanol–water partition coefficient (Wildman–Crippen LogP) is -0.0108. The fourth-order valence-electron chi connectivity index (χ4n) is 0.977. The molecule has 0 fully saturated rings. The number of esters is 1. The molecule has 0 radical (unpaired) electrons. The first-order valence-corrected chi connectivity index (χ1v) is 4.14. The Labute approximate surface area is 76.9 Å². The maximum absolute atomic E-state index is 10.9. The molecule has 1 unspecified atom stereocenters. The van der Waals surface area contributed by atoms with Crippen LogP contribution >= 0.6 is 0 Å². The molecule has 0 aromatic heterocycles. The van der Waals surface area contributed by atoms with E-state index in [9.17, 15) is 9.59 Å². The summed E-state index contributed by atoms with van der Waals surface area (Å²) in [6, 6.07) is 0. The van der Waals surface area contributed by atoms with Gasteiger partial charge in [-0.1, -0.05) is 6.42 Å². The molecule has 3 N–H and O–H groups in total. The highest BCUT2D eigenvalue weighted by Gasteiger charge is 2.26. The van der Waals surface area contributed by atoms with Gasteiger partial charge < -0.3 is 15.6 Å². The zero-order valence-corrected chi connectivity index (χ0v) is 7.66.